The van der Waals surface area contributed by atoms with Crippen molar-refractivity contribution in [3.8, 4) is 0 Å². The number of carbonyl (C=O) groups excluding carboxylic acids is 2. The molecule has 0 aliphatic rings. The summed E-state index contributed by atoms with van der Waals surface area (Å²) in [5, 5.41) is 2.97. The van der Waals surface area contributed by atoms with Crippen LogP contribution in [0.15, 0.2) is 66.9 Å². The van der Waals surface area contributed by atoms with Gasteiger partial charge >= 0.3 is 6.03 Å². The molecule has 3 amide bonds. The van der Waals surface area contributed by atoms with Crippen LogP contribution in [-0.2, 0) is 29.7 Å². The fourth-order valence-corrected chi connectivity index (χ4v) is 3.69. The number of nitrogens with one attached hydrogen (secondary N) is 1. The van der Waals surface area contributed by atoms with Crippen LogP contribution in [0.3, 0.4) is 0 Å². The van der Waals surface area contributed by atoms with E-state index in [2.05, 4.69) is 5.32 Å². The third-order valence-corrected chi connectivity index (χ3v) is 6.00. The zero-order valence-corrected chi connectivity index (χ0v) is 20.5. The zero-order valence-electron chi connectivity index (χ0n) is 20.5. The fourth-order valence-electron chi connectivity index (χ4n) is 3.69. The van der Waals surface area contributed by atoms with Crippen LogP contribution < -0.4 is 5.32 Å². The van der Waals surface area contributed by atoms with Gasteiger partial charge in [-0.25, -0.2) is 4.79 Å². The molecule has 0 aliphatic heterocycles. The Morgan fingerprint density at radius 1 is 0.941 bits per heavy atom. The molecule has 0 saturated carbocycles. The number of ether oxygens (including phenoxy) is 1. The number of hydrogen-bond donors (Lipinski definition) is 1. The first kappa shape index (κ1) is 25.1. The Morgan fingerprint density at radius 3 is 2.38 bits per heavy atom. The van der Waals surface area contributed by atoms with Gasteiger partial charge in [0.1, 0.15) is 6.54 Å². The van der Waals surface area contributed by atoms with E-state index in [-0.39, 0.29) is 18.5 Å². The highest BCUT2D eigenvalue weighted by Crippen LogP contribution is 2.19. The Morgan fingerprint density at radius 2 is 1.71 bits per heavy atom. The highest BCUT2D eigenvalue weighted by atomic mass is 16.5. The largest absolute Gasteiger partial charge is 0.383 e. The van der Waals surface area contributed by atoms with Gasteiger partial charge in [-0.3, -0.25) is 4.79 Å². The molecule has 1 N–H and O–H groups in total. The summed E-state index contributed by atoms with van der Waals surface area (Å²) in [7, 11) is 3.54. The summed E-state index contributed by atoms with van der Waals surface area (Å²) in [6.07, 6.45) is 1.96. The van der Waals surface area contributed by atoms with Gasteiger partial charge in [-0.1, -0.05) is 42.5 Å². The number of aryl methyl sites for hydroxylation is 2. The fraction of sp³-hybridized carbons (Fsp3) is 0.333. The number of rotatable bonds is 10. The second-order valence-electron chi connectivity index (χ2n) is 8.44. The molecule has 0 bridgehead atoms. The van der Waals surface area contributed by atoms with E-state index < -0.39 is 0 Å². The van der Waals surface area contributed by atoms with Gasteiger partial charge in [0.05, 0.1) is 13.2 Å². The molecule has 1 heterocycles. The van der Waals surface area contributed by atoms with Crippen LogP contribution in [-0.4, -0.2) is 53.1 Å². The number of amides is 3. The van der Waals surface area contributed by atoms with Gasteiger partial charge in [-0.05, 0) is 48.7 Å². The number of hydrogen-bond acceptors (Lipinski definition) is 3. The molecule has 0 unspecified atom stereocenters. The van der Waals surface area contributed by atoms with Gasteiger partial charge in [-0.15, -0.1) is 0 Å². The van der Waals surface area contributed by atoms with Gasteiger partial charge in [0, 0.05) is 44.8 Å². The quantitative estimate of drug-likeness (QED) is 0.487. The van der Waals surface area contributed by atoms with Crippen molar-refractivity contribution < 1.29 is 14.3 Å². The molecular formula is C27H34N4O3. The lowest BCUT2D eigenvalue weighted by Crippen LogP contribution is -2.45. The molecular weight excluding hydrogens is 428 g/mol. The lowest BCUT2D eigenvalue weighted by Gasteiger charge is -2.28. The maximum absolute atomic E-state index is 13.5. The number of benzene rings is 2. The normalized spacial score (nSPS) is 10.7. The molecule has 0 fully saturated rings. The first-order valence-corrected chi connectivity index (χ1v) is 11.4. The maximum atomic E-state index is 13.5. The van der Waals surface area contributed by atoms with E-state index in [4.69, 9.17) is 4.74 Å². The number of aromatic nitrogens is 1. The molecule has 7 nitrogen and oxygen atoms in total. The van der Waals surface area contributed by atoms with Crippen LogP contribution in [0, 0.1) is 13.8 Å². The smallest absolute Gasteiger partial charge is 0.322 e. The minimum Gasteiger partial charge on any atom is -0.383 e. The summed E-state index contributed by atoms with van der Waals surface area (Å²) in [6.45, 7) is 5.48. The summed E-state index contributed by atoms with van der Waals surface area (Å²) in [5.41, 5.74) is 4.89. The number of urea groups is 1. The maximum Gasteiger partial charge on any atom is 0.322 e. The van der Waals surface area contributed by atoms with E-state index >= 15 is 0 Å². The highest BCUT2D eigenvalue weighted by Gasteiger charge is 2.23. The molecule has 0 radical (unpaired) electrons. The van der Waals surface area contributed by atoms with Crippen LogP contribution in [0.4, 0.5) is 10.5 Å². The third-order valence-electron chi connectivity index (χ3n) is 6.00. The minimum absolute atomic E-state index is 0.0443. The summed E-state index contributed by atoms with van der Waals surface area (Å²) >= 11 is 0. The summed E-state index contributed by atoms with van der Waals surface area (Å²) in [6, 6.07) is 19.3. The van der Waals surface area contributed by atoms with Gasteiger partial charge in [0.15, 0.2) is 0 Å². The lowest BCUT2D eigenvalue weighted by molar-refractivity contribution is -0.133. The molecule has 1 aromatic heterocycles. The van der Waals surface area contributed by atoms with Crippen LogP contribution in [0.25, 0.3) is 0 Å². The van der Waals surface area contributed by atoms with Crippen LogP contribution in [0.5, 0.6) is 0 Å². The van der Waals surface area contributed by atoms with Crippen LogP contribution in [0.1, 0.15) is 22.4 Å². The molecule has 3 rings (SSSR count). The van der Waals surface area contributed by atoms with Gasteiger partial charge < -0.3 is 24.4 Å². The average Bonchev–Trinajstić information content (AvgIpc) is 3.24. The van der Waals surface area contributed by atoms with E-state index in [1.165, 1.54) is 4.90 Å². The van der Waals surface area contributed by atoms with Gasteiger partial charge in [0.25, 0.3) is 0 Å². The lowest BCUT2D eigenvalue weighted by atomic mass is 10.1. The first-order chi connectivity index (χ1) is 16.4. The standard InChI is InChI=1S/C27H34N4O3/c1-21-10-8-14-25(22(21)2)28-27(33)30(16-17-34-4)20-26(32)31(18-23-11-6-5-7-12-23)19-24-13-9-15-29(24)3/h5-15H,16-20H2,1-4H3,(H,28,33). The van der Waals surface area contributed by atoms with Crippen molar-refractivity contribution in [2.24, 2.45) is 7.05 Å². The molecule has 0 saturated heterocycles. The molecule has 3 aromatic rings. The van der Waals surface area contributed by atoms with Crippen molar-refractivity contribution in [1.82, 2.24) is 14.4 Å². The van der Waals surface area contributed by atoms with Crippen LogP contribution in [0.2, 0.25) is 0 Å². The molecule has 0 spiro atoms. The average molecular weight is 463 g/mol. The van der Waals surface area contributed by atoms with Gasteiger partial charge in [0.2, 0.25) is 5.91 Å². The van der Waals surface area contributed by atoms with E-state index in [0.717, 1.165) is 28.1 Å². The predicted molar refractivity (Wildman–Crippen MR) is 134 cm³/mol. The Kier molecular flexibility index (Phi) is 8.87. The van der Waals surface area contributed by atoms with Crippen molar-refractivity contribution in [3.05, 3.63) is 89.2 Å². The molecule has 7 heteroatoms. The van der Waals surface area contributed by atoms with Crippen molar-refractivity contribution in [2.45, 2.75) is 26.9 Å². The molecule has 34 heavy (non-hydrogen) atoms. The zero-order chi connectivity index (χ0) is 24.5. The van der Waals surface area contributed by atoms with Crippen molar-refractivity contribution in [2.75, 3.05) is 32.1 Å². The number of nitrogens with zero attached hydrogens (tertiary/aromatic N) is 3. The molecule has 180 valence electrons. The van der Waals surface area contributed by atoms with Crippen molar-refractivity contribution in [1.29, 1.82) is 0 Å². The summed E-state index contributed by atoms with van der Waals surface area (Å²) in [5.74, 6) is -0.128. The topological polar surface area (TPSA) is 66.8 Å². The van der Waals surface area contributed by atoms with E-state index in [1.807, 2.05) is 92.3 Å². The Hall–Kier alpha value is -3.58. The number of anilines is 1. The second-order valence-corrected chi connectivity index (χ2v) is 8.44. The minimum atomic E-state index is -0.322. The van der Waals surface area contributed by atoms with E-state index in [9.17, 15) is 9.59 Å². The monoisotopic (exact) mass is 462 g/mol. The van der Waals surface area contributed by atoms with Crippen molar-refractivity contribution in [3.63, 3.8) is 0 Å². The molecule has 0 atom stereocenters. The second kappa shape index (κ2) is 12.0. The van der Waals surface area contributed by atoms with E-state index in [1.54, 1.807) is 12.0 Å². The predicted octanol–water partition coefficient (Wildman–Crippen LogP) is 4.35. The number of methoxy groups -OCH3 is 1. The Labute approximate surface area is 201 Å². The van der Waals surface area contributed by atoms with Crippen LogP contribution >= 0.6 is 0 Å². The third kappa shape index (κ3) is 6.71. The summed E-state index contributed by atoms with van der Waals surface area (Å²) in [4.78, 5) is 29.9. The van der Waals surface area contributed by atoms with Gasteiger partial charge in [-0.2, -0.15) is 0 Å². The Bertz CT molecular complexity index is 1090. The van der Waals surface area contributed by atoms with Crippen molar-refractivity contribution >= 4 is 17.6 Å². The Balaban J connectivity index is 1.78. The molecule has 0 aliphatic carbocycles. The summed E-state index contributed by atoms with van der Waals surface area (Å²) < 4.78 is 7.21. The first-order valence-electron chi connectivity index (χ1n) is 11.4. The SMILES string of the molecule is COCCN(CC(=O)N(Cc1ccccc1)Cc1cccn1C)C(=O)Nc1cccc(C)c1C. The highest BCUT2D eigenvalue weighted by molar-refractivity contribution is 5.93. The molecule has 2 aromatic carbocycles. The van der Waals surface area contributed by atoms with E-state index in [0.29, 0.717) is 26.2 Å². The number of carbonyl (C=O) groups is 2.